The van der Waals surface area contributed by atoms with Crippen molar-refractivity contribution in [2.24, 2.45) is 5.92 Å². The van der Waals surface area contributed by atoms with Crippen LogP contribution in [0.15, 0.2) is 41.0 Å². The molecule has 0 spiro atoms. The molecule has 0 unspecified atom stereocenters. The summed E-state index contributed by atoms with van der Waals surface area (Å²) in [6.07, 6.45) is 1.56. The number of benzene rings is 1. The van der Waals surface area contributed by atoms with Gasteiger partial charge in [0.2, 0.25) is 5.91 Å². The summed E-state index contributed by atoms with van der Waals surface area (Å²) < 4.78 is 5.18. The highest BCUT2D eigenvalue weighted by molar-refractivity contribution is 6.05. The average molecular weight is 313 g/mol. The van der Waals surface area contributed by atoms with E-state index in [0.717, 1.165) is 5.69 Å². The fraction of sp³-hybridized carbons (Fsp3) is 0.294. The van der Waals surface area contributed by atoms with Gasteiger partial charge in [0.25, 0.3) is 5.91 Å². The number of fused-ring (bicyclic) bond motifs is 1. The molecule has 0 radical (unpaired) electrons. The van der Waals surface area contributed by atoms with Crippen LogP contribution in [-0.4, -0.2) is 17.9 Å². The third-order valence-corrected chi connectivity index (χ3v) is 3.80. The maximum atomic E-state index is 12.2. The van der Waals surface area contributed by atoms with Gasteiger partial charge in [-0.05, 0) is 36.2 Å². The van der Waals surface area contributed by atoms with Crippen LogP contribution >= 0.6 is 0 Å². The Bertz CT molecular complexity index is 723. The third-order valence-electron chi connectivity index (χ3n) is 3.80. The minimum Gasteiger partial charge on any atom is -0.467 e. The molecular formula is C17H19N3O3. The number of carbonyl (C=O) groups is 2. The number of hydrogen-bond donors (Lipinski definition) is 3. The molecule has 6 heteroatoms. The van der Waals surface area contributed by atoms with Crippen LogP contribution in [0.25, 0.3) is 0 Å². The molecule has 0 saturated heterocycles. The van der Waals surface area contributed by atoms with Crippen LogP contribution in [-0.2, 0) is 11.3 Å². The van der Waals surface area contributed by atoms with Crippen molar-refractivity contribution < 1.29 is 14.0 Å². The van der Waals surface area contributed by atoms with E-state index in [0.29, 0.717) is 23.6 Å². The van der Waals surface area contributed by atoms with Crippen LogP contribution in [0, 0.1) is 5.92 Å². The molecule has 1 aromatic carbocycles. The van der Waals surface area contributed by atoms with Crippen molar-refractivity contribution in [1.29, 1.82) is 0 Å². The summed E-state index contributed by atoms with van der Waals surface area (Å²) in [6, 6.07) is 8.52. The summed E-state index contributed by atoms with van der Waals surface area (Å²) in [6.45, 7) is 4.29. The molecule has 1 atom stereocenters. The maximum Gasteiger partial charge on any atom is 0.251 e. The van der Waals surface area contributed by atoms with E-state index in [1.165, 1.54) is 0 Å². The van der Waals surface area contributed by atoms with Crippen molar-refractivity contribution in [1.82, 2.24) is 5.32 Å². The normalized spacial score (nSPS) is 16.5. The van der Waals surface area contributed by atoms with Crippen molar-refractivity contribution in [2.75, 3.05) is 10.6 Å². The zero-order valence-electron chi connectivity index (χ0n) is 13.1. The molecule has 3 N–H and O–H groups in total. The van der Waals surface area contributed by atoms with Gasteiger partial charge in [-0.15, -0.1) is 0 Å². The smallest absolute Gasteiger partial charge is 0.251 e. The molecule has 0 saturated carbocycles. The zero-order chi connectivity index (χ0) is 16.4. The Morgan fingerprint density at radius 2 is 2.13 bits per heavy atom. The van der Waals surface area contributed by atoms with Crippen molar-refractivity contribution in [3.63, 3.8) is 0 Å². The minimum absolute atomic E-state index is 0.0827. The molecule has 1 aliphatic rings. The quantitative estimate of drug-likeness (QED) is 0.810. The van der Waals surface area contributed by atoms with E-state index in [1.54, 1.807) is 30.5 Å². The monoisotopic (exact) mass is 313 g/mol. The van der Waals surface area contributed by atoms with Crippen LogP contribution in [0.4, 0.5) is 11.4 Å². The molecule has 0 bridgehead atoms. The molecule has 1 aromatic heterocycles. The summed E-state index contributed by atoms with van der Waals surface area (Å²) >= 11 is 0. The number of carbonyl (C=O) groups excluding carboxylic acids is 2. The van der Waals surface area contributed by atoms with Gasteiger partial charge in [-0.1, -0.05) is 13.8 Å². The molecule has 0 aliphatic carbocycles. The van der Waals surface area contributed by atoms with Crippen molar-refractivity contribution in [3.05, 3.63) is 47.9 Å². The largest absolute Gasteiger partial charge is 0.467 e. The predicted octanol–water partition coefficient (Wildman–Crippen LogP) is 2.60. The lowest BCUT2D eigenvalue weighted by molar-refractivity contribution is -0.117. The van der Waals surface area contributed by atoms with Gasteiger partial charge < -0.3 is 20.4 Å². The highest BCUT2D eigenvalue weighted by Gasteiger charge is 2.28. The van der Waals surface area contributed by atoms with Gasteiger partial charge in [-0.2, -0.15) is 0 Å². The van der Waals surface area contributed by atoms with Gasteiger partial charge in [0, 0.05) is 5.56 Å². The summed E-state index contributed by atoms with van der Waals surface area (Å²) in [5.41, 5.74) is 1.93. The molecule has 3 rings (SSSR count). The van der Waals surface area contributed by atoms with Gasteiger partial charge in [-0.25, -0.2) is 0 Å². The Morgan fingerprint density at radius 1 is 1.30 bits per heavy atom. The van der Waals surface area contributed by atoms with Crippen LogP contribution in [0.5, 0.6) is 0 Å². The number of nitrogens with one attached hydrogen (secondary N) is 3. The van der Waals surface area contributed by atoms with Crippen molar-refractivity contribution >= 4 is 23.2 Å². The van der Waals surface area contributed by atoms with E-state index < -0.39 is 0 Å². The second-order valence-corrected chi connectivity index (χ2v) is 5.88. The van der Waals surface area contributed by atoms with Gasteiger partial charge >= 0.3 is 0 Å². The summed E-state index contributed by atoms with van der Waals surface area (Å²) in [5.74, 6) is 0.565. The molecule has 2 amide bonds. The molecule has 120 valence electrons. The Balaban J connectivity index is 1.72. The second-order valence-electron chi connectivity index (χ2n) is 5.88. The number of anilines is 2. The first-order chi connectivity index (χ1) is 11.0. The Morgan fingerprint density at radius 3 is 2.83 bits per heavy atom. The molecular weight excluding hydrogens is 294 g/mol. The first kappa shape index (κ1) is 15.1. The van der Waals surface area contributed by atoms with E-state index in [4.69, 9.17) is 4.42 Å². The van der Waals surface area contributed by atoms with Crippen molar-refractivity contribution in [2.45, 2.75) is 26.4 Å². The summed E-state index contributed by atoms with van der Waals surface area (Å²) in [5, 5.41) is 8.84. The fourth-order valence-electron chi connectivity index (χ4n) is 2.51. The van der Waals surface area contributed by atoms with Crippen LogP contribution in [0.1, 0.15) is 30.0 Å². The lowest BCUT2D eigenvalue weighted by Crippen LogP contribution is -2.42. The first-order valence-electron chi connectivity index (χ1n) is 7.56. The van der Waals surface area contributed by atoms with Crippen molar-refractivity contribution in [3.8, 4) is 0 Å². The topological polar surface area (TPSA) is 83.4 Å². The maximum absolute atomic E-state index is 12.2. The highest BCUT2D eigenvalue weighted by atomic mass is 16.3. The second kappa shape index (κ2) is 6.16. The van der Waals surface area contributed by atoms with E-state index in [2.05, 4.69) is 16.0 Å². The van der Waals surface area contributed by atoms with E-state index in [9.17, 15) is 9.59 Å². The summed E-state index contributed by atoms with van der Waals surface area (Å²) in [7, 11) is 0. The van der Waals surface area contributed by atoms with Crippen LogP contribution < -0.4 is 16.0 Å². The molecule has 2 aromatic rings. The number of hydrogen-bond acceptors (Lipinski definition) is 4. The Labute approximate surface area is 134 Å². The lowest BCUT2D eigenvalue weighted by Gasteiger charge is -2.29. The first-order valence-corrected chi connectivity index (χ1v) is 7.56. The molecule has 6 nitrogen and oxygen atoms in total. The number of amides is 2. The van der Waals surface area contributed by atoms with E-state index in [1.807, 2.05) is 19.9 Å². The fourth-order valence-corrected chi connectivity index (χ4v) is 2.51. The lowest BCUT2D eigenvalue weighted by atomic mass is 9.99. The van der Waals surface area contributed by atoms with Crippen LogP contribution in [0.3, 0.4) is 0 Å². The average Bonchev–Trinajstić information content (AvgIpc) is 3.04. The highest BCUT2D eigenvalue weighted by Crippen LogP contribution is 2.29. The van der Waals surface area contributed by atoms with Gasteiger partial charge in [0.1, 0.15) is 11.8 Å². The van der Waals surface area contributed by atoms with Gasteiger partial charge in [-0.3, -0.25) is 9.59 Å². The predicted molar refractivity (Wildman–Crippen MR) is 87.2 cm³/mol. The Kier molecular flexibility index (Phi) is 4.06. The number of rotatable bonds is 4. The molecule has 0 fully saturated rings. The molecule has 2 heterocycles. The van der Waals surface area contributed by atoms with Gasteiger partial charge in [0.05, 0.1) is 24.2 Å². The van der Waals surface area contributed by atoms with E-state index >= 15 is 0 Å². The molecule has 1 aliphatic heterocycles. The zero-order valence-corrected chi connectivity index (χ0v) is 13.1. The minimum atomic E-state index is -0.263. The Hall–Kier alpha value is -2.76. The summed E-state index contributed by atoms with van der Waals surface area (Å²) in [4.78, 5) is 24.3. The number of furan rings is 1. The SMILES string of the molecule is CC(C)[C@H]1Nc2ccc(C(=O)NCc3ccco3)cc2NC1=O. The van der Waals surface area contributed by atoms with E-state index in [-0.39, 0.29) is 23.8 Å². The third kappa shape index (κ3) is 3.21. The molecule has 23 heavy (non-hydrogen) atoms. The van der Waals surface area contributed by atoms with Crippen LogP contribution in [0.2, 0.25) is 0 Å². The standard InChI is InChI=1S/C17H19N3O3/c1-10(2)15-17(22)20-14-8-11(5-6-13(14)19-15)16(21)18-9-12-4-3-7-23-12/h3-8,10,15,19H,9H2,1-2H3,(H,18,21)(H,20,22)/t15-/m1/s1. The van der Waals surface area contributed by atoms with Gasteiger partial charge in [0.15, 0.2) is 0 Å².